The quantitative estimate of drug-likeness (QED) is 0.662. The zero-order valence-corrected chi connectivity index (χ0v) is 9.52. The van der Waals surface area contributed by atoms with Gasteiger partial charge in [-0.3, -0.25) is 14.5 Å². The number of carboxylic acids is 1. The van der Waals surface area contributed by atoms with Crippen LogP contribution in [0.25, 0.3) is 0 Å². The molecular formula is C10H15NO5. The molecule has 0 aromatic carbocycles. The first-order chi connectivity index (χ1) is 7.20. The lowest BCUT2D eigenvalue weighted by molar-refractivity contribution is -0.144. The molecule has 1 aliphatic rings. The van der Waals surface area contributed by atoms with Crippen molar-refractivity contribution in [2.24, 2.45) is 5.92 Å². The average molecular weight is 229 g/mol. The van der Waals surface area contributed by atoms with Gasteiger partial charge < -0.3 is 9.84 Å². The molecule has 6 heteroatoms. The number of nitrogens with zero attached hydrogens (tertiary/aromatic N) is 1. The number of amides is 1. The highest BCUT2D eigenvalue weighted by Crippen LogP contribution is 2.17. The van der Waals surface area contributed by atoms with Gasteiger partial charge in [-0.05, 0) is 20.8 Å². The van der Waals surface area contributed by atoms with Crippen LogP contribution < -0.4 is 0 Å². The number of ketones is 1. The van der Waals surface area contributed by atoms with E-state index >= 15 is 0 Å². The molecule has 1 rings (SSSR count). The molecule has 0 radical (unpaired) electrons. The van der Waals surface area contributed by atoms with Crippen LogP contribution in [-0.4, -0.2) is 46.5 Å². The Morgan fingerprint density at radius 1 is 1.44 bits per heavy atom. The highest BCUT2D eigenvalue weighted by atomic mass is 16.6. The monoisotopic (exact) mass is 229 g/mol. The van der Waals surface area contributed by atoms with Crippen LogP contribution in [0.2, 0.25) is 0 Å². The first kappa shape index (κ1) is 12.5. The molecular weight excluding hydrogens is 214 g/mol. The lowest BCUT2D eigenvalue weighted by Gasteiger charge is -2.23. The molecule has 0 aromatic rings. The number of likely N-dealkylation sites (tertiary alicyclic amines) is 1. The first-order valence-electron chi connectivity index (χ1n) is 4.94. The number of hydrogen-bond donors (Lipinski definition) is 1. The molecule has 0 spiro atoms. The molecule has 1 aliphatic heterocycles. The van der Waals surface area contributed by atoms with Crippen molar-refractivity contribution in [2.75, 3.05) is 13.1 Å². The Hall–Kier alpha value is -1.59. The van der Waals surface area contributed by atoms with Gasteiger partial charge >= 0.3 is 12.1 Å². The first-order valence-corrected chi connectivity index (χ1v) is 4.94. The predicted molar refractivity (Wildman–Crippen MR) is 53.9 cm³/mol. The van der Waals surface area contributed by atoms with Crippen molar-refractivity contribution in [3.8, 4) is 0 Å². The molecule has 0 aromatic heterocycles. The molecule has 16 heavy (non-hydrogen) atoms. The SMILES string of the molecule is CC(C)(C)OC(=O)N1CC(=O)C(C(=O)O)C1. The number of aliphatic carboxylic acids is 1. The Morgan fingerprint density at radius 2 is 2.00 bits per heavy atom. The Balaban J connectivity index is 2.62. The van der Waals surface area contributed by atoms with Crippen LogP contribution in [0.4, 0.5) is 4.79 Å². The van der Waals surface area contributed by atoms with E-state index in [4.69, 9.17) is 9.84 Å². The zero-order chi connectivity index (χ0) is 12.5. The molecule has 1 saturated heterocycles. The number of Topliss-reactive ketones (excluding diaryl/α,β-unsaturated/α-hetero) is 1. The molecule has 1 amide bonds. The Kier molecular flexibility index (Phi) is 3.21. The van der Waals surface area contributed by atoms with Gasteiger partial charge in [-0.2, -0.15) is 0 Å². The van der Waals surface area contributed by atoms with Gasteiger partial charge in [0, 0.05) is 6.54 Å². The van der Waals surface area contributed by atoms with E-state index in [1.54, 1.807) is 20.8 Å². The zero-order valence-electron chi connectivity index (χ0n) is 9.52. The standard InChI is InChI=1S/C10H15NO5/c1-10(2,3)16-9(15)11-4-6(8(13)14)7(12)5-11/h6H,4-5H2,1-3H3,(H,13,14). The summed E-state index contributed by atoms with van der Waals surface area (Å²) in [6, 6.07) is 0. The third-order valence-corrected chi connectivity index (χ3v) is 2.09. The molecule has 0 saturated carbocycles. The maximum absolute atomic E-state index is 11.5. The van der Waals surface area contributed by atoms with E-state index < -0.39 is 29.4 Å². The molecule has 1 heterocycles. The number of carbonyl (C=O) groups is 3. The highest BCUT2D eigenvalue weighted by molar-refractivity contribution is 6.02. The van der Waals surface area contributed by atoms with E-state index in [-0.39, 0.29) is 13.1 Å². The van der Waals surface area contributed by atoms with Gasteiger partial charge in [-0.15, -0.1) is 0 Å². The Labute approximate surface area is 93.2 Å². The van der Waals surface area contributed by atoms with E-state index in [2.05, 4.69) is 0 Å². The second-order valence-electron chi connectivity index (χ2n) is 4.72. The van der Waals surface area contributed by atoms with Crippen molar-refractivity contribution < 1.29 is 24.2 Å². The topological polar surface area (TPSA) is 83.9 Å². The van der Waals surface area contributed by atoms with Gasteiger partial charge in [-0.1, -0.05) is 0 Å². The maximum Gasteiger partial charge on any atom is 0.410 e. The van der Waals surface area contributed by atoms with E-state index in [1.165, 1.54) is 0 Å². The van der Waals surface area contributed by atoms with E-state index in [1.807, 2.05) is 0 Å². The highest BCUT2D eigenvalue weighted by Gasteiger charge is 2.39. The molecule has 6 nitrogen and oxygen atoms in total. The second-order valence-corrected chi connectivity index (χ2v) is 4.72. The molecule has 1 atom stereocenters. The van der Waals surface area contributed by atoms with Crippen LogP contribution in [0.3, 0.4) is 0 Å². The summed E-state index contributed by atoms with van der Waals surface area (Å²) in [4.78, 5) is 34.6. The summed E-state index contributed by atoms with van der Waals surface area (Å²) in [6.45, 7) is 4.82. The van der Waals surface area contributed by atoms with Gasteiger partial charge in [0.1, 0.15) is 11.5 Å². The number of rotatable bonds is 1. The minimum atomic E-state index is -1.20. The largest absolute Gasteiger partial charge is 0.481 e. The van der Waals surface area contributed by atoms with Gasteiger partial charge in [0.25, 0.3) is 0 Å². The van der Waals surface area contributed by atoms with Crippen molar-refractivity contribution in [3.63, 3.8) is 0 Å². The summed E-state index contributed by atoms with van der Waals surface area (Å²) >= 11 is 0. The van der Waals surface area contributed by atoms with Crippen molar-refractivity contribution >= 4 is 17.8 Å². The van der Waals surface area contributed by atoms with Crippen molar-refractivity contribution in [3.05, 3.63) is 0 Å². The predicted octanol–water partition coefficient (Wildman–Crippen LogP) is 0.507. The Morgan fingerprint density at radius 3 is 2.38 bits per heavy atom. The lowest BCUT2D eigenvalue weighted by Crippen LogP contribution is -2.36. The fourth-order valence-electron chi connectivity index (χ4n) is 1.37. The van der Waals surface area contributed by atoms with Crippen LogP contribution in [0, 0.1) is 5.92 Å². The smallest absolute Gasteiger partial charge is 0.410 e. The van der Waals surface area contributed by atoms with Gasteiger partial charge in [0.2, 0.25) is 0 Å². The number of carboxylic acid groups (broad SMARTS) is 1. The van der Waals surface area contributed by atoms with Crippen LogP contribution in [-0.2, 0) is 14.3 Å². The third-order valence-electron chi connectivity index (χ3n) is 2.09. The fraction of sp³-hybridized carbons (Fsp3) is 0.700. The van der Waals surface area contributed by atoms with Crippen molar-refractivity contribution in [1.82, 2.24) is 4.90 Å². The summed E-state index contributed by atoms with van der Waals surface area (Å²) < 4.78 is 5.04. The van der Waals surface area contributed by atoms with Crippen LogP contribution >= 0.6 is 0 Å². The van der Waals surface area contributed by atoms with Crippen LogP contribution in [0.15, 0.2) is 0 Å². The van der Waals surface area contributed by atoms with Gasteiger partial charge in [-0.25, -0.2) is 4.79 Å². The van der Waals surface area contributed by atoms with E-state index in [0.29, 0.717) is 0 Å². The minimum Gasteiger partial charge on any atom is -0.481 e. The second kappa shape index (κ2) is 4.11. The molecule has 1 fully saturated rings. The summed E-state index contributed by atoms with van der Waals surface area (Å²) in [5, 5.41) is 8.72. The molecule has 1 unspecified atom stereocenters. The molecule has 0 bridgehead atoms. The molecule has 0 aliphatic carbocycles. The van der Waals surface area contributed by atoms with Gasteiger partial charge in [0.05, 0.1) is 6.54 Å². The summed E-state index contributed by atoms with van der Waals surface area (Å²) in [5.41, 5.74) is -0.651. The van der Waals surface area contributed by atoms with Crippen LogP contribution in [0.5, 0.6) is 0 Å². The minimum absolute atomic E-state index is 0.108. The van der Waals surface area contributed by atoms with Crippen molar-refractivity contribution in [2.45, 2.75) is 26.4 Å². The summed E-state index contributed by atoms with van der Waals surface area (Å²) in [7, 11) is 0. The normalized spacial score (nSPS) is 21.1. The van der Waals surface area contributed by atoms with Crippen molar-refractivity contribution in [1.29, 1.82) is 0 Å². The van der Waals surface area contributed by atoms with Gasteiger partial charge in [0.15, 0.2) is 5.78 Å². The molecule has 90 valence electrons. The Bertz CT molecular complexity index is 331. The van der Waals surface area contributed by atoms with E-state index in [9.17, 15) is 14.4 Å². The maximum atomic E-state index is 11.5. The third kappa shape index (κ3) is 2.95. The molecule has 1 N–H and O–H groups in total. The van der Waals surface area contributed by atoms with E-state index in [0.717, 1.165) is 4.90 Å². The number of ether oxygens (including phenoxy) is 1. The number of hydrogen-bond acceptors (Lipinski definition) is 4. The van der Waals surface area contributed by atoms with Crippen LogP contribution in [0.1, 0.15) is 20.8 Å². The summed E-state index contributed by atoms with van der Waals surface area (Å²) in [5.74, 6) is -2.78. The average Bonchev–Trinajstić information content (AvgIpc) is 2.44. The fourth-order valence-corrected chi connectivity index (χ4v) is 1.37. The lowest BCUT2D eigenvalue weighted by atomic mass is 10.1. The number of carbonyl (C=O) groups excluding carboxylic acids is 2. The summed E-state index contributed by atoms with van der Waals surface area (Å²) in [6.07, 6.45) is -0.649.